The summed E-state index contributed by atoms with van der Waals surface area (Å²) in [5.41, 5.74) is 2.04. The maximum Gasteiger partial charge on any atom is 0.216 e. The van der Waals surface area contributed by atoms with Crippen LogP contribution in [0.25, 0.3) is 11.1 Å². The molecule has 1 unspecified atom stereocenters. The summed E-state index contributed by atoms with van der Waals surface area (Å²) in [4.78, 5) is 6.43. The van der Waals surface area contributed by atoms with Crippen molar-refractivity contribution in [3.8, 4) is 22.9 Å². The first kappa shape index (κ1) is 27.1. The van der Waals surface area contributed by atoms with Gasteiger partial charge in [-0.25, -0.2) is 4.98 Å². The number of aromatic nitrogens is 3. The fourth-order valence-corrected chi connectivity index (χ4v) is 4.97. The number of rotatable bonds is 9. The second kappa shape index (κ2) is 11.7. The van der Waals surface area contributed by atoms with Crippen molar-refractivity contribution in [2.75, 3.05) is 25.0 Å². The van der Waals surface area contributed by atoms with Crippen LogP contribution in [-0.2, 0) is 4.74 Å². The van der Waals surface area contributed by atoms with Gasteiger partial charge in [-0.05, 0) is 87.8 Å². The first-order valence-corrected chi connectivity index (χ1v) is 13.8. The zero-order chi connectivity index (χ0) is 27.4. The lowest BCUT2D eigenvalue weighted by atomic mass is 9.86. The van der Waals surface area contributed by atoms with Crippen LogP contribution in [0, 0.1) is 17.2 Å². The standard InChI is InChI=1S/C30H38N6O3/c1-30(2,3)39-29(37)35-14-10-25(11-15-35)36-16-12-27(34-36)33-28-18-23(9-13-32-28)22-7-8-26(24(17-22)19-31)38-20-21-5-4-6-21/h7-9,12-13,16-18,21,25,29,37H,4-6,10-11,14-15,20H2,1-3H3,(H,32,33,34). The zero-order valence-corrected chi connectivity index (χ0v) is 23.0. The largest absolute Gasteiger partial charge is 0.492 e. The topological polar surface area (TPSA) is 108 Å². The van der Waals surface area contributed by atoms with Gasteiger partial charge in [0, 0.05) is 31.5 Å². The molecule has 3 aromatic rings. The van der Waals surface area contributed by atoms with Crippen LogP contribution in [0.1, 0.15) is 64.5 Å². The van der Waals surface area contributed by atoms with E-state index in [4.69, 9.17) is 14.6 Å². The van der Waals surface area contributed by atoms with Crippen LogP contribution in [0.3, 0.4) is 0 Å². The number of nitrogens with zero attached hydrogens (tertiary/aromatic N) is 5. The summed E-state index contributed by atoms with van der Waals surface area (Å²) in [6.07, 6.45) is 8.29. The molecule has 1 aliphatic heterocycles. The minimum Gasteiger partial charge on any atom is -0.492 e. The fraction of sp³-hybridized carbons (Fsp3) is 0.500. The molecule has 2 aliphatic rings. The Balaban J connectivity index is 1.19. The lowest BCUT2D eigenvalue weighted by Crippen LogP contribution is -2.46. The Kier molecular flexibility index (Phi) is 8.17. The van der Waals surface area contributed by atoms with Gasteiger partial charge in [-0.2, -0.15) is 10.4 Å². The van der Waals surface area contributed by atoms with E-state index in [2.05, 4.69) is 16.4 Å². The Morgan fingerprint density at radius 1 is 1.08 bits per heavy atom. The van der Waals surface area contributed by atoms with Crippen LogP contribution in [0.5, 0.6) is 5.75 Å². The number of hydrogen-bond donors (Lipinski definition) is 2. The van der Waals surface area contributed by atoms with E-state index in [-0.39, 0.29) is 6.04 Å². The van der Waals surface area contributed by atoms with Gasteiger partial charge in [-0.15, -0.1) is 0 Å². The molecule has 5 rings (SSSR count). The number of anilines is 2. The summed E-state index contributed by atoms with van der Waals surface area (Å²) in [6.45, 7) is 7.98. The molecule has 1 saturated carbocycles. The highest BCUT2D eigenvalue weighted by molar-refractivity contribution is 5.70. The Labute approximate surface area is 230 Å². The molecule has 1 aromatic carbocycles. The first-order chi connectivity index (χ1) is 18.8. The van der Waals surface area contributed by atoms with Gasteiger partial charge in [0.1, 0.15) is 17.6 Å². The Morgan fingerprint density at radius 2 is 1.85 bits per heavy atom. The number of pyridine rings is 1. The number of piperidine rings is 1. The van der Waals surface area contributed by atoms with E-state index in [1.54, 1.807) is 6.20 Å². The summed E-state index contributed by atoms with van der Waals surface area (Å²) >= 11 is 0. The van der Waals surface area contributed by atoms with Crippen LogP contribution in [0.4, 0.5) is 11.6 Å². The number of nitriles is 1. The second-order valence-electron chi connectivity index (χ2n) is 11.5. The smallest absolute Gasteiger partial charge is 0.216 e. The minimum absolute atomic E-state index is 0.257. The second-order valence-corrected chi connectivity index (χ2v) is 11.5. The van der Waals surface area contributed by atoms with Crippen molar-refractivity contribution < 1.29 is 14.6 Å². The highest BCUT2D eigenvalue weighted by Crippen LogP contribution is 2.31. The van der Waals surface area contributed by atoms with Crippen molar-refractivity contribution in [3.63, 3.8) is 0 Å². The van der Waals surface area contributed by atoms with Gasteiger partial charge in [0.05, 0.1) is 23.8 Å². The van der Waals surface area contributed by atoms with E-state index >= 15 is 0 Å². The van der Waals surface area contributed by atoms with Crippen molar-refractivity contribution in [1.29, 1.82) is 5.26 Å². The van der Waals surface area contributed by atoms with Crippen LogP contribution in [0.2, 0.25) is 0 Å². The molecule has 2 aromatic heterocycles. The summed E-state index contributed by atoms with van der Waals surface area (Å²) < 4.78 is 13.6. The number of nitrogens with one attached hydrogen (secondary N) is 1. The average molecular weight is 531 g/mol. The third-order valence-corrected chi connectivity index (χ3v) is 7.40. The molecule has 0 spiro atoms. The van der Waals surface area contributed by atoms with Crippen LogP contribution in [0.15, 0.2) is 48.8 Å². The molecule has 206 valence electrons. The summed E-state index contributed by atoms with van der Waals surface area (Å²) in [6, 6.07) is 14.1. The molecule has 1 atom stereocenters. The number of hydrogen-bond acceptors (Lipinski definition) is 8. The molecule has 0 radical (unpaired) electrons. The van der Waals surface area contributed by atoms with Gasteiger partial charge in [0.2, 0.25) is 6.41 Å². The van der Waals surface area contributed by atoms with E-state index in [1.807, 2.05) is 72.9 Å². The lowest BCUT2D eigenvalue weighted by Gasteiger charge is -2.37. The number of benzene rings is 1. The number of likely N-dealkylation sites (tertiary alicyclic amines) is 1. The summed E-state index contributed by atoms with van der Waals surface area (Å²) in [5.74, 6) is 2.66. The Hall–Kier alpha value is -3.45. The van der Waals surface area contributed by atoms with E-state index in [1.165, 1.54) is 19.3 Å². The maximum atomic E-state index is 10.4. The molecule has 3 heterocycles. The quantitative estimate of drug-likeness (QED) is 0.351. The highest BCUT2D eigenvalue weighted by Gasteiger charge is 2.28. The van der Waals surface area contributed by atoms with Crippen molar-refractivity contribution >= 4 is 11.6 Å². The lowest BCUT2D eigenvalue weighted by molar-refractivity contribution is -0.243. The summed E-state index contributed by atoms with van der Waals surface area (Å²) in [7, 11) is 0. The predicted octanol–water partition coefficient (Wildman–Crippen LogP) is 5.47. The first-order valence-electron chi connectivity index (χ1n) is 13.8. The SMILES string of the molecule is CC(C)(C)OC(O)N1CCC(n2ccc(Nc3cc(-c4ccc(OCC5CCC5)c(C#N)c4)ccn3)n2)CC1. The number of aliphatic hydroxyl groups excluding tert-OH is 1. The number of aliphatic hydroxyl groups is 1. The highest BCUT2D eigenvalue weighted by atomic mass is 16.6. The molecule has 0 amide bonds. The molecule has 2 fully saturated rings. The third-order valence-electron chi connectivity index (χ3n) is 7.40. The minimum atomic E-state index is -0.889. The van der Waals surface area contributed by atoms with Crippen LogP contribution >= 0.6 is 0 Å². The molecule has 2 N–H and O–H groups in total. The third kappa shape index (κ3) is 6.95. The average Bonchev–Trinajstić information content (AvgIpc) is 3.35. The van der Waals surface area contributed by atoms with Crippen molar-refractivity contribution in [3.05, 3.63) is 54.4 Å². The van der Waals surface area contributed by atoms with Crippen molar-refractivity contribution in [1.82, 2.24) is 19.7 Å². The fourth-order valence-electron chi connectivity index (χ4n) is 4.97. The maximum absolute atomic E-state index is 10.4. The van der Waals surface area contributed by atoms with Crippen LogP contribution in [-0.4, -0.2) is 56.5 Å². The molecule has 1 saturated heterocycles. The number of ether oxygens (including phenoxy) is 2. The van der Waals surface area contributed by atoms with Crippen molar-refractivity contribution in [2.24, 2.45) is 5.92 Å². The monoisotopic (exact) mass is 530 g/mol. The molecule has 9 nitrogen and oxygen atoms in total. The molecule has 1 aliphatic carbocycles. The predicted molar refractivity (Wildman–Crippen MR) is 149 cm³/mol. The van der Waals surface area contributed by atoms with Crippen LogP contribution < -0.4 is 10.1 Å². The van der Waals surface area contributed by atoms with E-state index in [0.29, 0.717) is 29.7 Å². The van der Waals surface area contributed by atoms with Gasteiger partial charge >= 0.3 is 0 Å². The van der Waals surface area contributed by atoms with Gasteiger partial charge < -0.3 is 19.9 Å². The molecular formula is C30H38N6O3. The van der Waals surface area contributed by atoms with Gasteiger partial charge in [-0.1, -0.05) is 12.5 Å². The van der Waals surface area contributed by atoms with E-state index in [0.717, 1.165) is 42.9 Å². The Morgan fingerprint density at radius 3 is 2.54 bits per heavy atom. The normalized spacial score (nSPS) is 17.8. The van der Waals surface area contributed by atoms with Gasteiger partial charge in [0.25, 0.3) is 0 Å². The van der Waals surface area contributed by atoms with E-state index in [9.17, 15) is 10.4 Å². The molecule has 39 heavy (non-hydrogen) atoms. The Bertz CT molecular complexity index is 1300. The summed E-state index contributed by atoms with van der Waals surface area (Å²) in [5, 5.41) is 28.1. The molecule has 9 heteroatoms. The van der Waals surface area contributed by atoms with Gasteiger partial charge in [-0.3, -0.25) is 9.58 Å². The molecule has 0 bridgehead atoms. The zero-order valence-electron chi connectivity index (χ0n) is 23.0. The van der Waals surface area contributed by atoms with Gasteiger partial charge in [0.15, 0.2) is 5.82 Å². The van der Waals surface area contributed by atoms with E-state index < -0.39 is 12.0 Å². The van der Waals surface area contributed by atoms with Crippen molar-refractivity contribution in [2.45, 2.75) is 70.9 Å². The molecular weight excluding hydrogens is 492 g/mol.